The Morgan fingerprint density at radius 1 is 0.983 bits per heavy atom. The number of likely N-dealkylation sites (tertiary alicyclic amines) is 1. The van der Waals surface area contributed by atoms with E-state index >= 15 is 0 Å². The van der Waals surface area contributed by atoms with Crippen LogP contribution in [0.2, 0.25) is 0 Å². The van der Waals surface area contributed by atoms with Gasteiger partial charge in [-0.2, -0.15) is 0 Å². The van der Waals surface area contributed by atoms with Crippen molar-refractivity contribution in [2.75, 3.05) is 90.0 Å². The molecule has 14 nitrogen and oxygen atoms in total. The molecule has 59 heavy (non-hydrogen) atoms. The minimum absolute atomic E-state index is 0. The van der Waals surface area contributed by atoms with E-state index in [0.717, 1.165) is 87.7 Å². The van der Waals surface area contributed by atoms with Gasteiger partial charge in [0, 0.05) is 82.5 Å². The summed E-state index contributed by atoms with van der Waals surface area (Å²) in [7, 11) is 6.81. The Balaban J connectivity index is 0.000000728. The number of amides is 2. The summed E-state index contributed by atoms with van der Waals surface area (Å²) in [6, 6.07) is 18.3. The minimum Gasteiger partial charge on any atom is -0.662 e. The molecule has 2 atom stereocenters. The first-order valence-corrected chi connectivity index (χ1v) is 20.1. The number of anilines is 3. The zero-order chi connectivity index (χ0) is 42.1. The van der Waals surface area contributed by atoms with Crippen LogP contribution in [0.3, 0.4) is 0 Å². The Bertz CT molecular complexity index is 1780. The number of aliphatic imine (C=N–C) groups is 1. The molecule has 0 spiro atoms. The predicted octanol–water partition coefficient (Wildman–Crippen LogP) is 2.84. The summed E-state index contributed by atoms with van der Waals surface area (Å²) in [6.45, 7) is 10.9. The summed E-state index contributed by atoms with van der Waals surface area (Å²) < 4.78 is 0. The molecule has 0 aromatic heterocycles. The third kappa shape index (κ3) is 17.4. The third-order valence-electron chi connectivity index (χ3n) is 10.2. The number of unbranched alkanes of at least 4 members (excludes halogenated alkanes) is 2. The molecule has 2 unspecified atom stereocenters. The first-order valence-electron chi connectivity index (χ1n) is 20.1. The molecule has 0 saturated carbocycles. The molecule has 314 valence electrons. The fraction of sp³-hybridized carbons (Fsp3) is 0.455. The number of hydrogen-bond donors (Lipinski definition) is 6. The number of benzene rings is 3. The molecule has 1 saturated heterocycles. The third-order valence-corrected chi connectivity index (χ3v) is 10.2. The smallest absolute Gasteiger partial charge is 0.662 e. The number of carbonyl (C=O) groups is 4. The summed E-state index contributed by atoms with van der Waals surface area (Å²) in [5.74, 6) is -0.0406. The van der Waals surface area contributed by atoms with Crippen LogP contribution in [-0.2, 0) is 16.1 Å². The molecular formula is C44H63KN10O4. The van der Waals surface area contributed by atoms with Gasteiger partial charge in [-0.25, -0.2) is 0 Å². The first kappa shape index (κ1) is 51.3. The SMILES string of the molecule is C=Nc1ccccc1NCCN1CCC(C[N-]CCCCCNc2cccc(C=O)c2C(=O)N(C)C(C=O)CCC(=O)NC)C1.CNCc1ccc(NC)c(C=N)c1.[K+]. The van der Waals surface area contributed by atoms with Crippen LogP contribution in [0.15, 0.2) is 65.7 Å². The number of carbonyl (C=O) groups excluding carboxylic acids is 4. The van der Waals surface area contributed by atoms with Crippen LogP contribution >= 0.6 is 0 Å². The van der Waals surface area contributed by atoms with Gasteiger partial charge in [-0.15, -0.1) is 13.1 Å². The van der Waals surface area contributed by atoms with E-state index in [-0.39, 0.29) is 81.3 Å². The fourth-order valence-electron chi connectivity index (χ4n) is 6.81. The summed E-state index contributed by atoms with van der Waals surface area (Å²) in [4.78, 5) is 56.3. The average Bonchev–Trinajstić information content (AvgIpc) is 3.71. The van der Waals surface area contributed by atoms with Crippen LogP contribution in [0.5, 0.6) is 0 Å². The van der Waals surface area contributed by atoms with E-state index in [2.05, 4.69) is 49.3 Å². The number of aldehydes is 2. The number of nitrogens with zero attached hydrogens (tertiary/aromatic N) is 4. The second kappa shape index (κ2) is 29.4. The van der Waals surface area contributed by atoms with Crippen molar-refractivity contribution in [1.29, 1.82) is 5.41 Å². The standard InChI is InChI=1S/C34H48N7O4.C10H15N3.K/c1-35-29-11-5-6-12-30(29)39-19-21-41-20-16-26(23-41)22-37-17-7-4-8-18-38-31-13-9-10-27(24-42)33(31)34(45)40(3)28(25-43)14-15-32(44)36-2;1-12-7-8-3-4-10(13-2)9(5-8)6-11;/h5-6,9-13,24-26,28,38-39H,1,4,7-8,14-23H2,2-3H3,(H,36,44);3-6,11-13H,7H2,1-2H3;/q-1;;+1. The van der Waals surface area contributed by atoms with Crippen LogP contribution in [0, 0.1) is 11.3 Å². The second-order valence-electron chi connectivity index (χ2n) is 14.2. The van der Waals surface area contributed by atoms with Gasteiger partial charge in [0.2, 0.25) is 5.91 Å². The number of nitrogens with one attached hydrogen (secondary N) is 6. The number of rotatable bonds is 25. The molecule has 1 aliphatic rings. The average molecular weight is 835 g/mol. The molecule has 1 fully saturated rings. The molecule has 0 bridgehead atoms. The van der Waals surface area contributed by atoms with Crippen LogP contribution in [0.4, 0.5) is 22.7 Å². The van der Waals surface area contributed by atoms with Crippen molar-refractivity contribution in [1.82, 2.24) is 20.4 Å². The van der Waals surface area contributed by atoms with Gasteiger partial charge in [0.05, 0.1) is 23.0 Å². The quantitative estimate of drug-likeness (QED) is 0.0324. The maximum Gasteiger partial charge on any atom is 1.00 e. The van der Waals surface area contributed by atoms with Crippen molar-refractivity contribution < 1.29 is 70.6 Å². The minimum atomic E-state index is -0.779. The largest absolute Gasteiger partial charge is 1.00 e. The second-order valence-corrected chi connectivity index (χ2v) is 14.2. The summed E-state index contributed by atoms with van der Waals surface area (Å²) in [6.07, 6.45) is 7.04. The van der Waals surface area contributed by atoms with E-state index < -0.39 is 11.9 Å². The molecular weight excluding hydrogens is 772 g/mol. The van der Waals surface area contributed by atoms with Gasteiger partial charge >= 0.3 is 51.4 Å². The summed E-state index contributed by atoms with van der Waals surface area (Å²) in [5, 5.41) is 27.4. The Morgan fingerprint density at radius 2 is 1.75 bits per heavy atom. The van der Waals surface area contributed by atoms with Gasteiger partial charge in [-0.05, 0) is 87.9 Å². The summed E-state index contributed by atoms with van der Waals surface area (Å²) in [5.41, 5.74) is 6.05. The maximum atomic E-state index is 13.4. The van der Waals surface area contributed by atoms with Gasteiger partial charge in [0.15, 0.2) is 6.29 Å². The van der Waals surface area contributed by atoms with Crippen LogP contribution in [0.1, 0.15) is 70.4 Å². The maximum absolute atomic E-state index is 13.4. The van der Waals surface area contributed by atoms with Gasteiger partial charge in [-0.3, -0.25) is 19.4 Å². The van der Waals surface area contributed by atoms with Crippen molar-refractivity contribution >= 4 is 60.1 Å². The molecule has 1 heterocycles. The Morgan fingerprint density at radius 3 is 2.44 bits per heavy atom. The van der Waals surface area contributed by atoms with Crippen molar-refractivity contribution in [3.63, 3.8) is 0 Å². The van der Waals surface area contributed by atoms with E-state index in [0.29, 0.717) is 30.7 Å². The van der Waals surface area contributed by atoms with Crippen LogP contribution in [-0.4, -0.2) is 127 Å². The number of para-hydroxylation sites is 2. The van der Waals surface area contributed by atoms with E-state index in [9.17, 15) is 19.2 Å². The Hall–Kier alpha value is -3.80. The van der Waals surface area contributed by atoms with Crippen LogP contribution in [0.25, 0.3) is 5.32 Å². The topological polar surface area (TPSA) is 185 Å². The molecule has 0 aliphatic carbocycles. The van der Waals surface area contributed by atoms with E-state index in [1.54, 1.807) is 18.2 Å². The summed E-state index contributed by atoms with van der Waals surface area (Å²) >= 11 is 0. The van der Waals surface area contributed by atoms with Crippen molar-refractivity contribution in [2.24, 2.45) is 10.9 Å². The van der Waals surface area contributed by atoms with Crippen LogP contribution < -0.4 is 78.0 Å². The van der Waals surface area contributed by atoms with E-state index in [1.807, 2.05) is 50.5 Å². The zero-order valence-electron chi connectivity index (χ0n) is 35.7. The normalized spacial score (nSPS) is 13.7. The van der Waals surface area contributed by atoms with Crippen molar-refractivity contribution in [3.05, 3.63) is 88.2 Å². The molecule has 1 aliphatic heterocycles. The molecule has 15 heteroatoms. The Kier molecular flexibility index (Phi) is 25.6. The molecule has 3 aromatic carbocycles. The number of hydrogen-bond acceptors (Lipinski definition) is 11. The van der Waals surface area contributed by atoms with Gasteiger partial charge in [0.1, 0.15) is 6.29 Å². The molecule has 0 radical (unpaired) electrons. The van der Waals surface area contributed by atoms with Crippen molar-refractivity contribution in [3.8, 4) is 0 Å². The number of likely N-dealkylation sites (N-methyl/N-ethyl adjacent to an activating group) is 1. The molecule has 3 aromatic rings. The molecule has 2 amide bonds. The fourth-order valence-corrected chi connectivity index (χ4v) is 6.81. The Labute approximate surface area is 393 Å². The monoisotopic (exact) mass is 834 g/mol. The van der Waals surface area contributed by atoms with Crippen molar-refractivity contribution in [2.45, 2.75) is 51.1 Å². The van der Waals surface area contributed by atoms with E-state index in [1.165, 1.54) is 37.2 Å². The van der Waals surface area contributed by atoms with E-state index in [4.69, 9.17) is 10.7 Å². The van der Waals surface area contributed by atoms with Gasteiger partial charge < -0.3 is 51.9 Å². The van der Waals surface area contributed by atoms with Gasteiger partial charge in [-0.1, -0.05) is 43.2 Å². The molecule has 4 rings (SSSR count). The van der Waals surface area contributed by atoms with Gasteiger partial charge in [0.25, 0.3) is 5.91 Å². The zero-order valence-corrected chi connectivity index (χ0v) is 38.8. The predicted molar refractivity (Wildman–Crippen MR) is 238 cm³/mol. The molecule has 6 N–H and O–H groups in total. The first-order chi connectivity index (χ1) is 28.2.